The van der Waals surface area contributed by atoms with Crippen molar-refractivity contribution in [1.29, 1.82) is 0 Å². The molecule has 3 rings (SSSR count). The summed E-state index contributed by atoms with van der Waals surface area (Å²) in [6.45, 7) is 13.0. The normalized spacial score (nSPS) is 16.4. The smallest absolute Gasteiger partial charge is 0.191 e. The molecule has 1 aromatic carbocycles. The van der Waals surface area contributed by atoms with Gasteiger partial charge < -0.3 is 15.4 Å². The van der Waals surface area contributed by atoms with E-state index in [2.05, 4.69) is 75.6 Å². The molecule has 7 heteroatoms. The first-order valence-corrected chi connectivity index (χ1v) is 11.1. The summed E-state index contributed by atoms with van der Waals surface area (Å²) in [5.74, 6) is 0.875. The van der Waals surface area contributed by atoms with Gasteiger partial charge in [-0.3, -0.25) is 14.6 Å². The van der Waals surface area contributed by atoms with Gasteiger partial charge in [0.2, 0.25) is 0 Å². The first-order valence-electron chi connectivity index (χ1n) is 11.1. The fourth-order valence-corrected chi connectivity index (χ4v) is 3.85. The average molecular weight is 413 g/mol. The van der Waals surface area contributed by atoms with Crippen LogP contribution < -0.4 is 10.6 Å². The number of hydrogen-bond acceptors (Lipinski definition) is 4. The van der Waals surface area contributed by atoms with Crippen LogP contribution in [0.15, 0.2) is 41.4 Å². The highest BCUT2D eigenvalue weighted by atomic mass is 16.5. The molecule has 30 heavy (non-hydrogen) atoms. The second-order valence-corrected chi connectivity index (χ2v) is 7.73. The van der Waals surface area contributed by atoms with Gasteiger partial charge in [-0.05, 0) is 38.8 Å². The minimum atomic E-state index is 0.264. The van der Waals surface area contributed by atoms with Crippen molar-refractivity contribution in [2.45, 2.75) is 39.8 Å². The van der Waals surface area contributed by atoms with Crippen LogP contribution in [0.3, 0.4) is 0 Å². The second kappa shape index (κ2) is 11.7. The van der Waals surface area contributed by atoms with Gasteiger partial charge in [0.05, 0.1) is 31.5 Å². The van der Waals surface area contributed by atoms with Crippen LogP contribution in [0.25, 0.3) is 0 Å². The first kappa shape index (κ1) is 22.3. The number of nitrogens with zero attached hydrogens (tertiary/aromatic N) is 4. The van der Waals surface area contributed by atoms with E-state index in [1.807, 2.05) is 6.92 Å². The Kier molecular flexibility index (Phi) is 8.71. The predicted molar refractivity (Wildman–Crippen MR) is 122 cm³/mol. The van der Waals surface area contributed by atoms with Crippen molar-refractivity contribution in [3.05, 3.63) is 53.3 Å². The van der Waals surface area contributed by atoms with Gasteiger partial charge in [0, 0.05) is 38.4 Å². The van der Waals surface area contributed by atoms with E-state index in [9.17, 15) is 0 Å². The van der Waals surface area contributed by atoms with Crippen LogP contribution in [-0.2, 0) is 11.3 Å². The van der Waals surface area contributed by atoms with Crippen LogP contribution in [0, 0.1) is 13.8 Å². The summed E-state index contributed by atoms with van der Waals surface area (Å²) in [7, 11) is 0. The Morgan fingerprint density at radius 1 is 1.17 bits per heavy atom. The Morgan fingerprint density at radius 2 is 1.93 bits per heavy atom. The number of aliphatic imine (C=N–C) groups is 1. The average Bonchev–Trinajstić information content (AvgIpc) is 3.09. The molecule has 2 heterocycles. The highest BCUT2D eigenvalue weighted by Crippen LogP contribution is 2.22. The lowest BCUT2D eigenvalue weighted by Gasteiger charge is -2.34. The number of hydrogen-bond donors (Lipinski definition) is 2. The maximum absolute atomic E-state index is 5.55. The van der Waals surface area contributed by atoms with Gasteiger partial charge in [-0.15, -0.1) is 0 Å². The van der Waals surface area contributed by atoms with Gasteiger partial charge in [-0.2, -0.15) is 5.10 Å². The van der Waals surface area contributed by atoms with Gasteiger partial charge >= 0.3 is 0 Å². The quantitative estimate of drug-likeness (QED) is 0.376. The number of guanidine groups is 1. The molecule has 1 fully saturated rings. The van der Waals surface area contributed by atoms with Gasteiger partial charge in [-0.25, -0.2) is 0 Å². The van der Waals surface area contributed by atoms with E-state index in [1.54, 1.807) is 0 Å². The minimum absolute atomic E-state index is 0.264. The highest BCUT2D eigenvalue weighted by molar-refractivity contribution is 5.79. The lowest BCUT2D eigenvalue weighted by molar-refractivity contribution is 0.0179. The topological polar surface area (TPSA) is 66.7 Å². The molecule has 1 aliphatic rings. The zero-order valence-electron chi connectivity index (χ0n) is 18.6. The number of morpholine rings is 1. The number of nitrogens with one attached hydrogen (secondary N) is 2. The Bertz CT molecular complexity index is 782. The van der Waals surface area contributed by atoms with Crippen LogP contribution in [0.2, 0.25) is 0 Å². The number of rotatable bonds is 9. The zero-order valence-corrected chi connectivity index (χ0v) is 18.6. The van der Waals surface area contributed by atoms with Crippen LogP contribution in [0.1, 0.15) is 36.3 Å². The number of aromatic nitrogens is 2. The molecule has 1 aliphatic heterocycles. The van der Waals surface area contributed by atoms with Crippen LogP contribution in [0.5, 0.6) is 0 Å². The summed E-state index contributed by atoms with van der Waals surface area (Å²) in [5, 5.41) is 11.4. The van der Waals surface area contributed by atoms with Crippen LogP contribution in [0.4, 0.5) is 0 Å². The first-order chi connectivity index (χ1) is 14.7. The van der Waals surface area contributed by atoms with Crippen molar-refractivity contribution in [2.24, 2.45) is 4.99 Å². The molecule has 1 atom stereocenters. The van der Waals surface area contributed by atoms with E-state index >= 15 is 0 Å². The summed E-state index contributed by atoms with van der Waals surface area (Å²) >= 11 is 0. The van der Waals surface area contributed by atoms with Crippen LogP contribution >= 0.6 is 0 Å². The maximum Gasteiger partial charge on any atom is 0.191 e. The minimum Gasteiger partial charge on any atom is -0.379 e. The van der Waals surface area contributed by atoms with E-state index < -0.39 is 0 Å². The fourth-order valence-electron chi connectivity index (χ4n) is 3.85. The molecular weight excluding hydrogens is 376 g/mol. The van der Waals surface area contributed by atoms with Crippen molar-refractivity contribution >= 4 is 5.96 Å². The molecule has 0 radical (unpaired) electrons. The van der Waals surface area contributed by atoms with Crippen molar-refractivity contribution < 1.29 is 4.74 Å². The molecule has 2 N–H and O–H groups in total. The molecule has 1 unspecified atom stereocenters. The van der Waals surface area contributed by atoms with E-state index in [0.717, 1.165) is 70.6 Å². The van der Waals surface area contributed by atoms with Gasteiger partial charge in [0.15, 0.2) is 5.96 Å². The molecule has 0 aliphatic carbocycles. The van der Waals surface area contributed by atoms with Crippen molar-refractivity contribution in [3.8, 4) is 0 Å². The second-order valence-electron chi connectivity index (χ2n) is 7.73. The molecule has 7 nitrogen and oxygen atoms in total. The van der Waals surface area contributed by atoms with Crippen LogP contribution in [-0.4, -0.2) is 66.6 Å². The predicted octanol–water partition coefficient (Wildman–Crippen LogP) is 2.52. The SMILES string of the molecule is CCNC(=NCC(c1ccccc1)N1CCOCC1)NCCCn1nc(C)cc1C. The zero-order chi connectivity index (χ0) is 21.2. The Morgan fingerprint density at radius 3 is 2.60 bits per heavy atom. The Labute approximate surface area is 180 Å². The third-order valence-corrected chi connectivity index (χ3v) is 5.38. The van der Waals surface area contributed by atoms with Gasteiger partial charge in [-0.1, -0.05) is 30.3 Å². The lowest BCUT2D eigenvalue weighted by Crippen LogP contribution is -2.42. The molecular formula is C23H36N6O. The molecule has 0 bridgehead atoms. The number of benzene rings is 1. The largest absolute Gasteiger partial charge is 0.379 e. The standard InChI is InChI=1S/C23H36N6O/c1-4-24-23(25-11-8-12-29-20(3)17-19(2)27-29)26-18-22(21-9-6-5-7-10-21)28-13-15-30-16-14-28/h5-7,9-10,17,22H,4,8,11-16,18H2,1-3H3,(H2,24,25,26). The van der Waals surface area contributed by atoms with Crippen molar-refractivity contribution in [2.75, 3.05) is 45.9 Å². The van der Waals surface area contributed by atoms with E-state index in [4.69, 9.17) is 9.73 Å². The summed E-state index contributed by atoms with van der Waals surface area (Å²) in [6.07, 6.45) is 0.998. The monoisotopic (exact) mass is 412 g/mol. The maximum atomic E-state index is 5.55. The fraction of sp³-hybridized carbons (Fsp3) is 0.565. The Balaban J connectivity index is 1.58. The lowest BCUT2D eigenvalue weighted by atomic mass is 10.1. The van der Waals surface area contributed by atoms with Crippen molar-refractivity contribution in [1.82, 2.24) is 25.3 Å². The molecule has 0 amide bonds. The number of ether oxygens (including phenoxy) is 1. The summed E-state index contributed by atoms with van der Waals surface area (Å²) < 4.78 is 7.63. The van der Waals surface area contributed by atoms with E-state index in [-0.39, 0.29) is 6.04 Å². The molecule has 1 aromatic heterocycles. The van der Waals surface area contributed by atoms with Gasteiger partial charge in [0.1, 0.15) is 0 Å². The summed E-state index contributed by atoms with van der Waals surface area (Å²) in [5.41, 5.74) is 3.60. The molecule has 2 aromatic rings. The molecule has 0 spiro atoms. The third-order valence-electron chi connectivity index (χ3n) is 5.38. The number of aryl methyl sites for hydroxylation is 3. The molecule has 1 saturated heterocycles. The molecule has 0 saturated carbocycles. The van der Waals surface area contributed by atoms with Gasteiger partial charge in [0.25, 0.3) is 0 Å². The summed E-state index contributed by atoms with van der Waals surface area (Å²) in [6, 6.07) is 13.1. The van der Waals surface area contributed by atoms with E-state index in [1.165, 1.54) is 11.3 Å². The molecule has 164 valence electrons. The van der Waals surface area contributed by atoms with E-state index in [0.29, 0.717) is 0 Å². The third kappa shape index (κ3) is 6.57. The van der Waals surface area contributed by atoms with Crippen molar-refractivity contribution in [3.63, 3.8) is 0 Å². The summed E-state index contributed by atoms with van der Waals surface area (Å²) in [4.78, 5) is 7.40. The highest BCUT2D eigenvalue weighted by Gasteiger charge is 2.22. The Hall–Kier alpha value is -2.38.